The molecule has 0 aliphatic carbocycles. The fourth-order valence-electron chi connectivity index (χ4n) is 1.62. The van der Waals surface area contributed by atoms with Crippen LogP contribution in [-0.4, -0.2) is 19.9 Å². The predicted octanol–water partition coefficient (Wildman–Crippen LogP) is 1.95. The Morgan fingerprint density at radius 1 is 1.45 bits per heavy atom. The number of hydrogen-bond acceptors (Lipinski definition) is 5. The molecular weight excluding hydrogens is 301 g/mol. The zero-order chi connectivity index (χ0) is 14.8. The second-order valence-electron chi connectivity index (χ2n) is 4.34. The first-order valence-electron chi connectivity index (χ1n) is 5.83. The van der Waals surface area contributed by atoms with Crippen molar-refractivity contribution in [1.29, 1.82) is 0 Å². The number of aromatic nitrogens is 1. The number of thiazole rings is 1. The van der Waals surface area contributed by atoms with Crippen LogP contribution in [0.25, 0.3) is 0 Å². The number of nitrogens with two attached hydrogens (primary N) is 1. The summed E-state index contributed by atoms with van der Waals surface area (Å²) in [5.74, 6) is -0.742. The average molecular weight is 315 g/mol. The first-order chi connectivity index (χ1) is 9.38. The van der Waals surface area contributed by atoms with Gasteiger partial charge in [0.2, 0.25) is 10.0 Å². The highest BCUT2D eigenvalue weighted by Crippen LogP contribution is 2.19. The molecule has 108 valence electrons. The van der Waals surface area contributed by atoms with Gasteiger partial charge in [-0.2, -0.15) is 0 Å². The van der Waals surface area contributed by atoms with Gasteiger partial charge in [-0.15, -0.1) is 11.3 Å². The monoisotopic (exact) mass is 315 g/mol. The Morgan fingerprint density at radius 3 is 2.80 bits per heavy atom. The second kappa shape index (κ2) is 5.86. The van der Waals surface area contributed by atoms with E-state index in [1.807, 2.05) is 12.3 Å². The molecule has 2 aromatic rings. The first-order valence-corrected chi connectivity index (χ1v) is 8.20. The van der Waals surface area contributed by atoms with Gasteiger partial charge >= 0.3 is 0 Å². The molecule has 0 aliphatic rings. The highest BCUT2D eigenvalue weighted by molar-refractivity contribution is 7.89. The lowest BCUT2D eigenvalue weighted by atomic mass is 10.2. The van der Waals surface area contributed by atoms with Crippen LogP contribution in [0.4, 0.5) is 10.1 Å². The SMILES string of the molecule is CC(CNS(=O)(=O)c1cc(N)cc(F)c1)c1nccs1. The summed E-state index contributed by atoms with van der Waals surface area (Å²) < 4.78 is 39.8. The number of sulfonamides is 1. The number of nitrogens with one attached hydrogen (secondary N) is 1. The lowest BCUT2D eigenvalue weighted by molar-refractivity contribution is 0.571. The summed E-state index contributed by atoms with van der Waals surface area (Å²) in [6, 6.07) is 3.23. The van der Waals surface area contributed by atoms with Gasteiger partial charge in [0.15, 0.2) is 0 Å². The fourth-order valence-corrected chi connectivity index (χ4v) is 3.52. The Hall–Kier alpha value is -1.51. The molecule has 0 aliphatic heterocycles. The van der Waals surface area contributed by atoms with E-state index in [0.29, 0.717) is 0 Å². The molecule has 1 aromatic carbocycles. The van der Waals surface area contributed by atoms with Gasteiger partial charge in [-0.1, -0.05) is 6.92 Å². The van der Waals surface area contributed by atoms with Gasteiger partial charge in [-0.05, 0) is 18.2 Å². The van der Waals surface area contributed by atoms with Crippen LogP contribution >= 0.6 is 11.3 Å². The first kappa shape index (κ1) is 14.9. The van der Waals surface area contributed by atoms with Crippen LogP contribution in [0, 0.1) is 5.82 Å². The molecular formula is C12H14FN3O2S2. The van der Waals surface area contributed by atoms with Crippen molar-refractivity contribution in [3.63, 3.8) is 0 Å². The molecule has 8 heteroatoms. The molecule has 0 bridgehead atoms. The molecule has 1 heterocycles. The number of nitrogen functional groups attached to an aromatic ring is 1. The van der Waals surface area contributed by atoms with Crippen LogP contribution < -0.4 is 10.5 Å². The number of benzene rings is 1. The highest BCUT2D eigenvalue weighted by Gasteiger charge is 2.18. The van der Waals surface area contributed by atoms with E-state index in [1.165, 1.54) is 17.4 Å². The molecule has 0 radical (unpaired) electrons. The molecule has 0 fully saturated rings. The summed E-state index contributed by atoms with van der Waals surface area (Å²) >= 11 is 1.46. The van der Waals surface area contributed by atoms with E-state index < -0.39 is 15.8 Å². The minimum absolute atomic E-state index is 0.0596. The smallest absolute Gasteiger partial charge is 0.240 e. The molecule has 1 unspecified atom stereocenters. The van der Waals surface area contributed by atoms with Gasteiger partial charge in [0.05, 0.1) is 9.90 Å². The molecule has 2 rings (SSSR count). The number of hydrogen-bond donors (Lipinski definition) is 2. The van der Waals surface area contributed by atoms with Crippen molar-refractivity contribution in [2.45, 2.75) is 17.7 Å². The van der Waals surface area contributed by atoms with E-state index >= 15 is 0 Å². The Kier molecular flexibility index (Phi) is 4.36. The quantitative estimate of drug-likeness (QED) is 0.826. The zero-order valence-corrected chi connectivity index (χ0v) is 12.3. The summed E-state index contributed by atoms with van der Waals surface area (Å²) in [6.45, 7) is 2.05. The van der Waals surface area contributed by atoms with Gasteiger partial charge < -0.3 is 5.73 Å². The van der Waals surface area contributed by atoms with Crippen molar-refractivity contribution in [3.8, 4) is 0 Å². The van der Waals surface area contributed by atoms with Crippen molar-refractivity contribution in [2.24, 2.45) is 0 Å². The molecule has 0 spiro atoms. The largest absolute Gasteiger partial charge is 0.399 e. The Morgan fingerprint density at radius 2 is 2.20 bits per heavy atom. The maximum atomic E-state index is 13.2. The summed E-state index contributed by atoms with van der Waals surface area (Å²) in [5, 5.41) is 2.67. The van der Waals surface area contributed by atoms with Crippen LogP contribution in [0.2, 0.25) is 0 Å². The molecule has 20 heavy (non-hydrogen) atoms. The maximum absolute atomic E-state index is 13.2. The van der Waals surface area contributed by atoms with Crippen LogP contribution in [0.1, 0.15) is 17.8 Å². The van der Waals surface area contributed by atoms with Crippen molar-refractivity contribution < 1.29 is 12.8 Å². The standard InChI is InChI=1S/C12H14FN3O2S2/c1-8(12-15-2-3-19-12)7-16-20(17,18)11-5-9(13)4-10(14)6-11/h2-6,8,16H,7,14H2,1H3. The minimum atomic E-state index is -3.78. The summed E-state index contributed by atoms with van der Waals surface area (Å²) in [5.41, 5.74) is 5.52. The van der Waals surface area contributed by atoms with Gasteiger partial charge in [0, 0.05) is 29.7 Å². The van der Waals surface area contributed by atoms with E-state index in [2.05, 4.69) is 9.71 Å². The van der Waals surface area contributed by atoms with E-state index in [-0.39, 0.29) is 23.0 Å². The molecule has 0 saturated carbocycles. The number of nitrogens with zero attached hydrogens (tertiary/aromatic N) is 1. The maximum Gasteiger partial charge on any atom is 0.240 e. The van der Waals surface area contributed by atoms with E-state index in [1.54, 1.807) is 6.20 Å². The normalized spacial score (nSPS) is 13.3. The van der Waals surface area contributed by atoms with Crippen LogP contribution in [0.5, 0.6) is 0 Å². The van der Waals surface area contributed by atoms with E-state index in [0.717, 1.165) is 17.1 Å². The molecule has 0 saturated heterocycles. The number of anilines is 1. The Balaban J connectivity index is 2.11. The lowest BCUT2D eigenvalue weighted by Crippen LogP contribution is -2.27. The number of rotatable bonds is 5. The van der Waals surface area contributed by atoms with Gasteiger partial charge in [-0.25, -0.2) is 22.5 Å². The van der Waals surface area contributed by atoms with Crippen LogP contribution in [0.15, 0.2) is 34.7 Å². The van der Waals surface area contributed by atoms with Crippen LogP contribution in [0.3, 0.4) is 0 Å². The van der Waals surface area contributed by atoms with E-state index in [4.69, 9.17) is 5.73 Å². The van der Waals surface area contributed by atoms with Gasteiger partial charge in [0.1, 0.15) is 5.82 Å². The van der Waals surface area contributed by atoms with Crippen LogP contribution in [-0.2, 0) is 10.0 Å². The third-order valence-electron chi connectivity index (χ3n) is 2.66. The predicted molar refractivity (Wildman–Crippen MR) is 76.5 cm³/mol. The van der Waals surface area contributed by atoms with Gasteiger partial charge in [0.25, 0.3) is 0 Å². The number of halogens is 1. The highest BCUT2D eigenvalue weighted by atomic mass is 32.2. The minimum Gasteiger partial charge on any atom is -0.399 e. The van der Waals surface area contributed by atoms with E-state index in [9.17, 15) is 12.8 Å². The second-order valence-corrected chi connectivity index (χ2v) is 7.04. The van der Waals surface area contributed by atoms with Gasteiger partial charge in [-0.3, -0.25) is 0 Å². The fraction of sp³-hybridized carbons (Fsp3) is 0.250. The summed E-state index contributed by atoms with van der Waals surface area (Å²) in [4.78, 5) is 3.94. The van der Waals surface area contributed by atoms with Crippen molar-refractivity contribution in [2.75, 3.05) is 12.3 Å². The molecule has 0 amide bonds. The summed E-state index contributed by atoms with van der Waals surface area (Å²) in [6.07, 6.45) is 1.66. The Labute approximate surface area is 120 Å². The molecule has 1 atom stereocenters. The van der Waals surface area contributed by atoms with Crippen molar-refractivity contribution >= 4 is 27.0 Å². The zero-order valence-electron chi connectivity index (χ0n) is 10.7. The molecule has 5 nitrogen and oxygen atoms in total. The molecule has 1 aromatic heterocycles. The van der Waals surface area contributed by atoms with Crippen molar-refractivity contribution in [1.82, 2.24) is 9.71 Å². The third kappa shape index (κ3) is 3.53. The topological polar surface area (TPSA) is 85.1 Å². The summed E-state index contributed by atoms with van der Waals surface area (Å²) in [7, 11) is -3.78. The van der Waals surface area contributed by atoms with Crippen molar-refractivity contribution in [3.05, 3.63) is 40.6 Å². The molecule has 3 N–H and O–H groups in total. The lowest BCUT2D eigenvalue weighted by Gasteiger charge is -2.11. The Bertz CT molecular complexity index is 666. The third-order valence-corrected chi connectivity index (χ3v) is 5.07. The average Bonchev–Trinajstić information content (AvgIpc) is 2.88.